The number of carbonyl (C=O) groups is 1. The average Bonchev–Trinajstić information content (AvgIpc) is 2.84. The molecule has 0 fully saturated rings. The molecule has 1 unspecified atom stereocenters. The minimum atomic E-state index is -4.38. The SMILES string of the molecule is COc1cc(C(CCc2ccc(C(F)(F)F)cc2)N[C@@H](C(=O)N(C)C)c2ccccc2)ccc1N. The number of nitrogens with one attached hydrogen (secondary N) is 1. The normalized spacial score (nSPS) is 13.2. The summed E-state index contributed by atoms with van der Waals surface area (Å²) in [7, 11) is 4.93. The van der Waals surface area contributed by atoms with Crippen molar-refractivity contribution in [2.45, 2.75) is 31.1 Å². The van der Waals surface area contributed by atoms with Crippen molar-refractivity contribution >= 4 is 11.6 Å². The number of benzene rings is 3. The van der Waals surface area contributed by atoms with Crippen molar-refractivity contribution in [1.82, 2.24) is 10.2 Å². The molecule has 0 bridgehead atoms. The molecule has 5 nitrogen and oxygen atoms in total. The van der Waals surface area contributed by atoms with Crippen molar-refractivity contribution < 1.29 is 22.7 Å². The number of rotatable bonds is 9. The molecule has 0 saturated heterocycles. The zero-order valence-electron chi connectivity index (χ0n) is 20.0. The highest BCUT2D eigenvalue weighted by molar-refractivity contribution is 5.83. The number of amides is 1. The molecule has 0 heterocycles. The van der Waals surface area contributed by atoms with Gasteiger partial charge in [-0.2, -0.15) is 13.2 Å². The highest BCUT2D eigenvalue weighted by atomic mass is 19.4. The molecule has 2 atom stereocenters. The highest BCUT2D eigenvalue weighted by Gasteiger charge is 2.30. The summed E-state index contributed by atoms with van der Waals surface area (Å²) in [6.45, 7) is 0. The molecule has 35 heavy (non-hydrogen) atoms. The molecule has 0 spiro atoms. The zero-order chi connectivity index (χ0) is 25.6. The first-order valence-electron chi connectivity index (χ1n) is 11.2. The summed E-state index contributed by atoms with van der Waals surface area (Å²) in [5.74, 6) is 0.400. The number of halogens is 3. The lowest BCUT2D eigenvalue weighted by Crippen LogP contribution is -2.39. The lowest BCUT2D eigenvalue weighted by Gasteiger charge is -2.28. The predicted octanol–water partition coefficient (Wildman–Crippen LogP) is 5.39. The lowest BCUT2D eigenvalue weighted by molar-refractivity contribution is -0.137. The highest BCUT2D eigenvalue weighted by Crippen LogP contribution is 2.32. The maximum absolute atomic E-state index is 13.1. The molecular weight excluding hydrogens is 455 g/mol. The van der Waals surface area contributed by atoms with Crippen LogP contribution in [0, 0.1) is 0 Å². The van der Waals surface area contributed by atoms with Gasteiger partial charge < -0.3 is 15.4 Å². The number of ether oxygens (including phenoxy) is 1. The van der Waals surface area contributed by atoms with Crippen LogP contribution in [0.25, 0.3) is 0 Å². The number of methoxy groups -OCH3 is 1. The minimum Gasteiger partial charge on any atom is -0.495 e. The van der Waals surface area contributed by atoms with Gasteiger partial charge in [0.1, 0.15) is 11.8 Å². The molecule has 0 radical (unpaired) electrons. The van der Waals surface area contributed by atoms with Gasteiger partial charge in [-0.15, -0.1) is 0 Å². The van der Waals surface area contributed by atoms with Crippen LogP contribution in [0.15, 0.2) is 72.8 Å². The molecule has 0 saturated carbocycles. The third-order valence-electron chi connectivity index (χ3n) is 5.85. The number of nitrogens with zero attached hydrogens (tertiary/aromatic N) is 1. The third kappa shape index (κ3) is 6.76. The van der Waals surface area contributed by atoms with Crippen molar-refractivity contribution in [1.29, 1.82) is 0 Å². The molecule has 0 aliphatic heterocycles. The topological polar surface area (TPSA) is 67.6 Å². The van der Waals surface area contributed by atoms with Gasteiger partial charge in [-0.05, 0) is 53.8 Å². The van der Waals surface area contributed by atoms with E-state index in [0.29, 0.717) is 24.3 Å². The van der Waals surface area contributed by atoms with E-state index in [9.17, 15) is 18.0 Å². The number of nitrogen functional groups attached to an aromatic ring is 1. The van der Waals surface area contributed by atoms with Gasteiger partial charge in [0, 0.05) is 20.1 Å². The molecule has 3 aromatic rings. The first-order chi connectivity index (χ1) is 16.6. The van der Waals surface area contributed by atoms with E-state index >= 15 is 0 Å². The molecule has 8 heteroatoms. The molecule has 0 aromatic heterocycles. The Labute approximate surface area is 203 Å². The van der Waals surface area contributed by atoms with Gasteiger partial charge >= 0.3 is 6.18 Å². The molecular formula is C27H30F3N3O2. The van der Waals surface area contributed by atoms with E-state index in [1.807, 2.05) is 42.5 Å². The van der Waals surface area contributed by atoms with Crippen LogP contribution in [0.5, 0.6) is 5.75 Å². The molecule has 3 rings (SSSR count). The fourth-order valence-corrected chi connectivity index (χ4v) is 3.88. The summed E-state index contributed by atoms with van der Waals surface area (Å²) >= 11 is 0. The number of carbonyl (C=O) groups excluding carboxylic acids is 1. The maximum Gasteiger partial charge on any atom is 0.416 e. The monoisotopic (exact) mass is 485 g/mol. The van der Waals surface area contributed by atoms with Crippen LogP contribution in [0.4, 0.5) is 18.9 Å². The van der Waals surface area contributed by atoms with E-state index in [-0.39, 0.29) is 11.9 Å². The van der Waals surface area contributed by atoms with Gasteiger partial charge in [0.25, 0.3) is 0 Å². The third-order valence-corrected chi connectivity index (χ3v) is 5.85. The van der Waals surface area contributed by atoms with E-state index in [1.165, 1.54) is 24.1 Å². The van der Waals surface area contributed by atoms with Gasteiger partial charge in [-0.3, -0.25) is 10.1 Å². The number of hydrogen-bond acceptors (Lipinski definition) is 4. The first kappa shape index (κ1) is 26.1. The standard InChI is InChI=1S/C27H30F3N3O2/c1-33(2)26(34)25(19-7-5-4-6-8-19)32-23(20-12-15-22(31)24(17-20)35-3)16-11-18-9-13-21(14-10-18)27(28,29)30/h4-10,12-15,17,23,25,32H,11,16,31H2,1-3H3/t23?,25-/m1/s1. The van der Waals surface area contributed by atoms with E-state index in [1.54, 1.807) is 20.2 Å². The predicted molar refractivity (Wildman–Crippen MR) is 131 cm³/mol. The average molecular weight is 486 g/mol. The Morgan fingerprint density at radius 1 is 1.00 bits per heavy atom. The second kappa shape index (κ2) is 11.3. The quantitative estimate of drug-likeness (QED) is 0.399. The van der Waals surface area contributed by atoms with Crippen LogP contribution in [0.1, 0.15) is 40.8 Å². The summed E-state index contributed by atoms with van der Waals surface area (Å²) in [4.78, 5) is 14.6. The van der Waals surface area contributed by atoms with Crippen molar-refractivity contribution in [2.24, 2.45) is 0 Å². The van der Waals surface area contributed by atoms with Crippen molar-refractivity contribution in [3.05, 3.63) is 95.1 Å². The minimum absolute atomic E-state index is 0.113. The van der Waals surface area contributed by atoms with Gasteiger partial charge in [0.05, 0.1) is 18.4 Å². The van der Waals surface area contributed by atoms with Crippen LogP contribution < -0.4 is 15.8 Å². The number of likely N-dealkylation sites (N-methyl/N-ethyl adjacent to an activating group) is 1. The fourth-order valence-electron chi connectivity index (χ4n) is 3.88. The van der Waals surface area contributed by atoms with Crippen molar-refractivity contribution in [3.63, 3.8) is 0 Å². The van der Waals surface area contributed by atoms with Gasteiger partial charge in [-0.1, -0.05) is 48.5 Å². The summed E-state index contributed by atoms with van der Waals surface area (Å²) in [5.41, 5.74) is 8.24. The van der Waals surface area contributed by atoms with Gasteiger partial charge in [0.15, 0.2) is 0 Å². The summed E-state index contributed by atoms with van der Waals surface area (Å²) < 4.78 is 44.2. The lowest BCUT2D eigenvalue weighted by atomic mass is 9.95. The molecule has 0 aliphatic carbocycles. The molecule has 1 amide bonds. The number of hydrogen-bond donors (Lipinski definition) is 2. The zero-order valence-corrected chi connectivity index (χ0v) is 20.0. The Hall–Kier alpha value is -3.52. The maximum atomic E-state index is 13.1. The number of nitrogens with two attached hydrogens (primary N) is 1. The second-order valence-electron chi connectivity index (χ2n) is 8.53. The van der Waals surface area contributed by atoms with E-state index in [2.05, 4.69) is 5.32 Å². The van der Waals surface area contributed by atoms with Crippen molar-refractivity contribution in [3.8, 4) is 5.75 Å². The Morgan fingerprint density at radius 2 is 1.66 bits per heavy atom. The fraction of sp³-hybridized carbons (Fsp3) is 0.296. The van der Waals surface area contributed by atoms with Gasteiger partial charge in [-0.25, -0.2) is 0 Å². The molecule has 186 valence electrons. The van der Waals surface area contributed by atoms with Crippen LogP contribution >= 0.6 is 0 Å². The Balaban J connectivity index is 1.92. The van der Waals surface area contributed by atoms with E-state index in [4.69, 9.17) is 10.5 Å². The van der Waals surface area contributed by atoms with Crippen LogP contribution in [-0.4, -0.2) is 32.0 Å². The Morgan fingerprint density at radius 3 is 2.23 bits per heavy atom. The Bertz CT molecular complexity index is 1120. The van der Waals surface area contributed by atoms with Gasteiger partial charge in [0.2, 0.25) is 5.91 Å². The van der Waals surface area contributed by atoms with Crippen LogP contribution in [0.3, 0.4) is 0 Å². The summed E-state index contributed by atoms with van der Waals surface area (Å²) in [5, 5.41) is 3.48. The first-order valence-corrected chi connectivity index (χ1v) is 11.2. The largest absolute Gasteiger partial charge is 0.495 e. The van der Waals surface area contributed by atoms with E-state index in [0.717, 1.165) is 28.8 Å². The van der Waals surface area contributed by atoms with Crippen LogP contribution in [-0.2, 0) is 17.4 Å². The summed E-state index contributed by atoms with van der Waals surface area (Å²) in [6.07, 6.45) is -3.35. The molecule has 3 N–H and O–H groups in total. The second-order valence-corrected chi connectivity index (χ2v) is 8.53. The summed E-state index contributed by atoms with van der Waals surface area (Å²) in [6, 6.07) is 19.1. The van der Waals surface area contributed by atoms with Crippen molar-refractivity contribution in [2.75, 3.05) is 26.9 Å². The number of aryl methyl sites for hydroxylation is 1. The number of anilines is 1. The molecule has 3 aromatic carbocycles. The smallest absolute Gasteiger partial charge is 0.416 e. The Kier molecular flexibility index (Phi) is 8.40. The van der Waals surface area contributed by atoms with Crippen LogP contribution in [0.2, 0.25) is 0 Å². The number of alkyl halides is 3. The molecule has 0 aliphatic rings. The van der Waals surface area contributed by atoms with E-state index < -0.39 is 17.8 Å².